The summed E-state index contributed by atoms with van der Waals surface area (Å²) in [6.07, 6.45) is 3.03. The van der Waals surface area contributed by atoms with E-state index >= 15 is 0 Å². The van der Waals surface area contributed by atoms with Gasteiger partial charge >= 0.3 is 5.97 Å². The second-order valence-electron chi connectivity index (χ2n) is 6.39. The molecule has 0 atom stereocenters. The summed E-state index contributed by atoms with van der Waals surface area (Å²) >= 11 is 9.31. The van der Waals surface area contributed by atoms with Crippen molar-refractivity contribution in [2.75, 3.05) is 14.2 Å². The van der Waals surface area contributed by atoms with Crippen molar-refractivity contribution in [1.29, 1.82) is 0 Å². The molecule has 30 heavy (non-hydrogen) atoms. The minimum atomic E-state index is -0.474. The molecule has 0 unspecified atom stereocenters. The number of aromatic nitrogens is 2. The lowest BCUT2D eigenvalue weighted by molar-refractivity contribution is -0.133. The van der Waals surface area contributed by atoms with Gasteiger partial charge in [-0.1, -0.05) is 35.9 Å². The summed E-state index contributed by atoms with van der Waals surface area (Å²) in [5, 5.41) is 2.35. The van der Waals surface area contributed by atoms with Crippen LogP contribution in [-0.2, 0) is 14.3 Å². The number of halogens is 1. The third-order valence-electron chi connectivity index (χ3n) is 4.50. The molecule has 0 fully saturated rings. The Labute approximate surface area is 186 Å². The van der Waals surface area contributed by atoms with Gasteiger partial charge in [0.2, 0.25) is 0 Å². The van der Waals surface area contributed by atoms with Crippen LogP contribution in [0.2, 0.25) is 5.02 Å². The van der Waals surface area contributed by atoms with Crippen LogP contribution in [0.4, 0.5) is 0 Å². The fourth-order valence-electron chi connectivity index (χ4n) is 3.11. The molecule has 0 saturated carbocycles. The molecule has 8 heteroatoms. The normalized spacial score (nSPS) is 11.7. The first-order valence-electron chi connectivity index (χ1n) is 8.96. The summed E-state index contributed by atoms with van der Waals surface area (Å²) in [6, 6.07) is 11.8. The van der Waals surface area contributed by atoms with E-state index in [0.29, 0.717) is 15.5 Å². The van der Waals surface area contributed by atoms with Crippen molar-refractivity contribution in [3.8, 4) is 21.1 Å². The number of methoxy groups -OCH3 is 2. The Hall–Kier alpha value is -2.74. The fraction of sp³-hybridized carbons (Fsp3) is 0.136. The van der Waals surface area contributed by atoms with E-state index in [9.17, 15) is 4.79 Å². The lowest BCUT2D eigenvalue weighted by atomic mass is 10.0. The van der Waals surface area contributed by atoms with Gasteiger partial charge in [-0.15, -0.1) is 22.7 Å². The van der Waals surface area contributed by atoms with Gasteiger partial charge in [0.15, 0.2) is 0 Å². The average Bonchev–Trinajstić information content (AvgIpc) is 3.39. The summed E-state index contributed by atoms with van der Waals surface area (Å²) in [5.74, 6) is -0.474. The molecule has 0 aliphatic carbocycles. The first-order valence-corrected chi connectivity index (χ1v) is 11.0. The molecule has 0 amide bonds. The van der Waals surface area contributed by atoms with E-state index in [1.807, 2.05) is 43.3 Å². The average molecular weight is 457 g/mol. The zero-order valence-corrected chi connectivity index (χ0v) is 18.8. The van der Waals surface area contributed by atoms with E-state index in [2.05, 4.69) is 4.98 Å². The van der Waals surface area contributed by atoms with Crippen molar-refractivity contribution in [2.45, 2.75) is 6.92 Å². The Balaban J connectivity index is 1.85. The zero-order valence-electron chi connectivity index (χ0n) is 16.4. The highest BCUT2D eigenvalue weighted by atomic mass is 35.5. The molecule has 2 heterocycles. The quantitative estimate of drug-likeness (QED) is 0.203. The molecule has 0 saturated heterocycles. The number of carbonyl (C=O) groups excluding carboxylic acids is 1. The SMILES string of the molecule is COC=C(C(=O)OC)c1cnc(-c2c(C)cccc2-c2nc3cccc(Cl)c3s2)s1. The van der Waals surface area contributed by atoms with E-state index in [1.54, 1.807) is 17.5 Å². The standard InChI is InChI=1S/C22H17ClN2O3S2/c1-12-6-4-7-13(20-25-16-9-5-8-15(23)19(16)30-20)18(12)21-24-10-17(29-21)14(11-27-2)22(26)28-3/h4-11H,1-3H3. The Bertz CT molecular complexity index is 1280. The molecule has 0 aliphatic heterocycles. The lowest BCUT2D eigenvalue weighted by Crippen LogP contribution is -2.02. The topological polar surface area (TPSA) is 61.3 Å². The second kappa shape index (κ2) is 8.55. The predicted octanol–water partition coefficient (Wildman–Crippen LogP) is 6.21. The predicted molar refractivity (Wildman–Crippen MR) is 123 cm³/mol. The van der Waals surface area contributed by atoms with Gasteiger partial charge in [-0.05, 0) is 24.6 Å². The lowest BCUT2D eigenvalue weighted by Gasteiger charge is -2.08. The molecule has 0 spiro atoms. The summed E-state index contributed by atoms with van der Waals surface area (Å²) in [5.41, 5.74) is 4.21. The molecule has 4 rings (SSSR count). The van der Waals surface area contributed by atoms with Crippen LogP contribution in [0.25, 0.3) is 36.9 Å². The highest BCUT2D eigenvalue weighted by Gasteiger charge is 2.21. The molecule has 0 bridgehead atoms. The number of thiazole rings is 2. The molecule has 2 aromatic heterocycles. The van der Waals surface area contributed by atoms with Gasteiger partial charge < -0.3 is 9.47 Å². The van der Waals surface area contributed by atoms with E-state index in [4.69, 9.17) is 26.1 Å². The number of carbonyl (C=O) groups is 1. The van der Waals surface area contributed by atoms with E-state index in [0.717, 1.165) is 36.9 Å². The molecular weight excluding hydrogens is 440 g/mol. The molecular formula is C22H17ClN2O3S2. The minimum Gasteiger partial charge on any atom is -0.503 e. The van der Waals surface area contributed by atoms with Gasteiger partial charge in [-0.25, -0.2) is 14.8 Å². The Morgan fingerprint density at radius 2 is 1.90 bits per heavy atom. The Kier molecular flexibility index (Phi) is 5.85. The molecule has 0 N–H and O–H groups in total. The van der Waals surface area contributed by atoms with Crippen LogP contribution < -0.4 is 0 Å². The molecule has 0 radical (unpaired) electrons. The summed E-state index contributed by atoms with van der Waals surface area (Å²) in [6.45, 7) is 2.03. The van der Waals surface area contributed by atoms with Gasteiger partial charge in [-0.2, -0.15) is 0 Å². The Morgan fingerprint density at radius 3 is 2.63 bits per heavy atom. The second-order valence-corrected chi connectivity index (χ2v) is 8.83. The smallest absolute Gasteiger partial charge is 0.342 e. The monoisotopic (exact) mass is 456 g/mol. The number of hydrogen-bond acceptors (Lipinski definition) is 7. The first kappa shape index (κ1) is 20.5. The van der Waals surface area contributed by atoms with E-state index < -0.39 is 5.97 Å². The summed E-state index contributed by atoms with van der Waals surface area (Å²) < 4.78 is 10.9. The summed E-state index contributed by atoms with van der Waals surface area (Å²) in [7, 11) is 2.83. The highest BCUT2D eigenvalue weighted by Crippen LogP contribution is 2.42. The molecule has 0 aliphatic rings. The van der Waals surface area contributed by atoms with Gasteiger partial charge in [0.1, 0.15) is 15.6 Å². The number of hydrogen-bond donors (Lipinski definition) is 0. The van der Waals surface area contributed by atoms with Gasteiger partial charge in [-0.3, -0.25) is 0 Å². The van der Waals surface area contributed by atoms with Crippen LogP contribution in [0.15, 0.2) is 48.9 Å². The third-order valence-corrected chi connectivity index (χ3v) is 7.11. The van der Waals surface area contributed by atoms with Gasteiger partial charge in [0, 0.05) is 17.3 Å². The first-order chi connectivity index (χ1) is 14.5. The van der Waals surface area contributed by atoms with Crippen LogP contribution in [-0.4, -0.2) is 30.2 Å². The maximum Gasteiger partial charge on any atom is 0.342 e. The number of rotatable bonds is 5. The molecule has 5 nitrogen and oxygen atoms in total. The fourth-order valence-corrected chi connectivity index (χ4v) is 5.43. The van der Waals surface area contributed by atoms with Crippen molar-refractivity contribution < 1.29 is 14.3 Å². The molecule has 152 valence electrons. The molecule has 2 aromatic carbocycles. The van der Waals surface area contributed by atoms with Crippen LogP contribution in [0.5, 0.6) is 0 Å². The number of benzene rings is 2. The van der Waals surface area contributed by atoms with Crippen LogP contribution in [0.1, 0.15) is 10.4 Å². The van der Waals surface area contributed by atoms with Crippen molar-refractivity contribution in [1.82, 2.24) is 9.97 Å². The maximum absolute atomic E-state index is 12.1. The van der Waals surface area contributed by atoms with Crippen molar-refractivity contribution in [2.24, 2.45) is 0 Å². The summed E-state index contributed by atoms with van der Waals surface area (Å²) in [4.78, 5) is 22.2. The number of nitrogens with zero attached hydrogens (tertiary/aromatic N) is 2. The maximum atomic E-state index is 12.1. The Morgan fingerprint density at radius 1 is 1.10 bits per heavy atom. The molecule has 4 aromatic rings. The number of ether oxygens (including phenoxy) is 2. The highest BCUT2D eigenvalue weighted by molar-refractivity contribution is 7.22. The number of esters is 1. The van der Waals surface area contributed by atoms with Crippen molar-refractivity contribution in [3.63, 3.8) is 0 Å². The minimum absolute atomic E-state index is 0.325. The largest absolute Gasteiger partial charge is 0.503 e. The van der Waals surface area contributed by atoms with Crippen molar-refractivity contribution in [3.05, 3.63) is 64.3 Å². The van der Waals surface area contributed by atoms with Crippen molar-refractivity contribution >= 4 is 56.0 Å². The van der Waals surface area contributed by atoms with E-state index in [1.165, 1.54) is 31.8 Å². The third kappa shape index (κ3) is 3.71. The van der Waals surface area contributed by atoms with Crippen LogP contribution >= 0.6 is 34.3 Å². The van der Waals surface area contributed by atoms with Gasteiger partial charge in [0.25, 0.3) is 0 Å². The number of aryl methyl sites for hydroxylation is 1. The van der Waals surface area contributed by atoms with Crippen LogP contribution in [0.3, 0.4) is 0 Å². The van der Waals surface area contributed by atoms with E-state index in [-0.39, 0.29) is 0 Å². The zero-order chi connectivity index (χ0) is 21.3. The van der Waals surface area contributed by atoms with Crippen LogP contribution in [0, 0.1) is 6.92 Å². The van der Waals surface area contributed by atoms with Gasteiger partial charge in [0.05, 0.1) is 40.6 Å². The number of fused-ring (bicyclic) bond motifs is 1.